The van der Waals surface area contributed by atoms with Gasteiger partial charge in [0.15, 0.2) is 0 Å². The maximum atomic E-state index is 13.9. The number of para-hydroxylation sites is 1. The van der Waals surface area contributed by atoms with Crippen molar-refractivity contribution in [2.45, 2.75) is 26.8 Å². The number of benzene rings is 3. The van der Waals surface area contributed by atoms with Crippen molar-refractivity contribution in [3.8, 4) is 0 Å². The molecule has 0 spiro atoms. The number of carboxylic acid groups (broad SMARTS) is 1. The highest BCUT2D eigenvalue weighted by atomic mass is 19.1. The Bertz CT molecular complexity index is 1240. The van der Waals surface area contributed by atoms with Gasteiger partial charge < -0.3 is 10.0 Å². The van der Waals surface area contributed by atoms with E-state index in [2.05, 4.69) is 55.3 Å². The zero-order valence-corrected chi connectivity index (χ0v) is 18.5. The molecule has 0 aromatic heterocycles. The number of rotatable bonds is 6. The topological polar surface area (TPSA) is 40.5 Å². The van der Waals surface area contributed by atoms with E-state index >= 15 is 0 Å². The van der Waals surface area contributed by atoms with Gasteiger partial charge in [0.1, 0.15) is 5.82 Å². The Hall–Kier alpha value is -3.66. The largest absolute Gasteiger partial charge is 0.481 e. The van der Waals surface area contributed by atoms with E-state index < -0.39 is 5.97 Å². The van der Waals surface area contributed by atoms with Crippen molar-refractivity contribution < 1.29 is 14.3 Å². The standard InChI is InChI=1S/C28H26FNO2/c1-18-11-20(13-21(12-18)17-30(3)23-7-5-4-6-8-23)14-25-19(2)26(16-28(31)32)27-15-22(29)9-10-24(25)27/h4-15H,16-17H2,1-3H3,(H,31,32)/b25-14-. The van der Waals surface area contributed by atoms with Gasteiger partial charge >= 0.3 is 5.97 Å². The number of hydrogen-bond acceptors (Lipinski definition) is 2. The maximum absolute atomic E-state index is 13.9. The molecule has 0 saturated heterocycles. The summed E-state index contributed by atoms with van der Waals surface area (Å²) in [6.45, 7) is 4.76. The Morgan fingerprint density at radius 3 is 2.47 bits per heavy atom. The van der Waals surface area contributed by atoms with Crippen molar-refractivity contribution in [2.75, 3.05) is 11.9 Å². The van der Waals surface area contributed by atoms with E-state index in [1.54, 1.807) is 6.07 Å². The highest BCUT2D eigenvalue weighted by Crippen LogP contribution is 2.43. The third-order valence-electron chi connectivity index (χ3n) is 5.87. The van der Waals surface area contributed by atoms with Gasteiger partial charge in [-0.05, 0) is 89.2 Å². The van der Waals surface area contributed by atoms with E-state index in [-0.39, 0.29) is 12.2 Å². The van der Waals surface area contributed by atoms with Crippen molar-refractivity contribution in [1.29, 1.82) is 0 Å². The first-order valence-corrected chi connectivity index (χ1v) is 10.6. The molecule has 0 amide bonds. The second-order valence-corrected chi connectivity index (χ2v) is 8.37. The van der Waals surface area contributed by atoms with E-state index in [1.807, 2.05) is 25.1 Å². The fourth-order valence-corrected chi connectivity index (χ4v) is 4.42. The molecule has 3 aromatic carbocycles. The number of anilines is 1. The number of carboxylic acids is 1. The van der Waals surface area contributed by atoms with Crippen LogP contribution in [0.25, 0.3) is 17.2 Å². The van der Waals surface area contributed by atoms with Crippen LogP contribution in [0, 0.1) is 12.7 Å². The second-order valence-electron chi connectivity index (χ2n) is 8.37. The van der Waals surface area contributed by atoms with Gasteiger partial charge in [-0.25, -0.2) is 4.39 Å². The molecule has 0 unspecified atom stereocenters. The van der Waals surface area contributed by atoms with E-state index in [0.29, 0.717) is 11.1 Å². The summed E-state index contributed by atoms with van der Waals surface area (Å²) < 4.78 is 13.9. The van der Waals surface area contributed by atoms with Crippen LogP contribution >= 0.6 is 0 Å². The molecule has 32 heavy (non-hydrogen) atoms. The molecule has 0 heterocycles. The average molecular weight is 428 g/mol. The van der Waals surface area contributed by atoms with E-state index in [9.17, 15) is 14.3 Å². The molecule has 1 aliphatic rings. The molecule has 0 bridgehead atoms. The third-order valence-corrected chi connectivity index (χ3v) is 5.87. The predicted octanol–water partition coefficient (Wildman–Crippen LogP) is 6.57. The predicted molar refractivity (Wildman–Crippen MR) is 129 cm³/mol. The zero-order chi connectivity index (χ0) is 22.8. The van der Waals surface area contributed by atoms with Crippen molar-refractivity contribution in [3.05, 3.63) is 106 Å². The van der Waals surface area contributed by atoms with Gasteiger partial charge in [-0.2, -0.15) is 0 Å². The van der Waals surface area contributed by atoms with Crippen molar-refractivity contribution >= 4 is 28.9 Å². The quantitative estimate of drug-likeness (QED) is 0.483. The fourth-order valence-electron chi connectivity index (χ4n) is 4.42. The summed E-state index contributed by atoms with van der Waals surface area (Å²) in [5.41, 5.74) is 8.60. The average Bonchev–Trinajstić information content (AvgIpc) is 2.98. The first-order valence-electron chi connectivity index (χ1n) is 10.6. The molecular formula is C28H26FNO2. The number of hydrogen-bond donors (Lipinski definition) is 1. The number of halogens is 1. The van der Waals surface area contributed by atoms with Crippen LogP contribution in [0.2, 0.25) is 0 Å². The van der Waals surface area contributed by atoms with Gasteiger partial charge in [0.2, 0.25) is 0 Å². The van der Waals surface area contributed by atoms with Crippen LogP contribution in [-0.2, 0) is 11.3 Å². The fraction of sp³-hybridized carbons (Fsp3) is 0.179. The molecule has 0 radical (unpaired) electrons. The van der Waals surface area contributed by atoms with Crippen LogP contribution in [0.15, 0.2) is 72.3 Å². The molecule has 3 aromatic rings. The number of fused-ring (bicyclic) bond motifs is 1. The Kier molecular flexibility index (Phi) is 5.95. The lowest BCUT2D eigenvalue weighted by atomic mass is 9.98. The summed E-state index contributed by atoms with van der Waals surface area (Å²) in [6.07, 6.45) is 1.96. The normalized spacial score (nSPS) is 14.1. The number of nitrogens with zero attached hydrogens (tertiary/aromatic N) is 1. The molecule has 1 aliphatic carbocycles. The molecule has 1 N–H and O–H groups in total. The number of aliphatic carboxylic acids is 1. The lowest BCUT2D eigenvalue weighted by Gasteiger charge is -2.20. The summed E-state index contributed by atoms with van der Waals surface area (Å²) in [6, 6.07) is 21.3. The van der Waals surface area contributed by atoms with Gasteiger partial charge in [0.25, 0.3) is 0 Å². The van der Waals surface area contributed by atoms with Gasteiger partial charge in [-0.15, -0.1) is 0 Å². The van der Waals surface area contributed by atoms with Crippen LogP contribution in [0.3, 0.4) is 0 Å². The number of aryl methyl sites for hydroxylation is 1. The zero-order valence-electron chi connectivity index (χ0n) is 18.5. The van der Waals surface area contributed by atoms with Gasteiger partial charge in [0, 0.05) is 19.3 Å². The SMILES string of the molecule is CC1=C(CC(=O)O)c2cc(F)ccc2/C1=C\c1cc(C)cc(CN(C)c2ccccc2)c1. The lowest BCUT2D eigenvalue weighted by molar-refractivity contribution is -0.135. The Balaban J connectivity index is 1.72. The first kappa shape index (κ1) is 21.6. The number of carbonyl (C=O) groups is 1. The summed E-state index contributed by atoms with van der Waals surface area (Å²) in [7, 11) is 2.07. The third kappa shape index (κ3) is 4.50. The van der Waals surface area contributed by atoms with Crippen LogP contribution in [0.4, 0.5) is 10.1 Å². The molecule has 162 valence electrons. The molecule has 0 atom stereocenters. The van der Waals surface area contributed by atoms with Crippen molar-refractivity contribution in [2.24, 2.45) is 0 Å². The van der Waals surface area contributed by atoms with E-state index in [1.165, 1.54) is 17.7 Å². The highest BCUT2D eigenvalue weighted by molar-refractivity contribution is 6.07. The maximum Gasteiger partial charge on any atom is 0.307 e. The molecule has 0 saturated carbocycles. The molecule has 0 fully saturated rings. The Labute approximate surface area is 188 Å². The smallest absolute Gasteiger partial charge is 0.307 e. The van der Waals surface area contributed by atoms with Gasteiger partial charge in [0.05, 0.1) is 6.42 Å². The van der Waals surface area contributed by atoms with Crippen molar-refractivity contribution in [3.63, 3.8) is 0 Å². The summed E-state index contributed by atoms with van der Waals surface area (Å²) in [5, 5.41) is 9.36. The van der Waals surface area contributed by atoms with Gasteiger partial charge in [-0.1, -0.05) is 42.0 Å². The summed E-state index contributed by atoms with van der Waals surface area (Å²) >= 11 is 0. The lowest BCUT2D eigenvalue weighted by Crippen LogP contribution is -2.16. The monoisotopic (exact) mass is 427 g/mol. The molecular weight excluding hydrogens is 401 g/mol. The molecule has 4 rings (SSSR count). The number of allylic oxidation sites excluding steroid dienone is 2. The molecule has 3 nitrogen and oxygen atoms in total. The van der Waals surface area contributed by atoms with Crippen LogP contribution in [0.1, 0.15) is 41.2 Å². The first-order chi connectivity index (χ1) is 15.3. The van der Waals surface area contributed by atoms with E-state index in [4.69, 9.17) is 0 Å². The summed E-state index contributed by atoms with van der Waals surface area (Å²) in [5.74, 6) is -1.28. The minimum absolute atomic E-state index is 0.124. The summed E-state index contributed by atoms with van der Waals surface area (Å²) in [4.78, 5) is 13.6. The highest BCUT2D eigenvalue weighted by Gasteiger charge is 2.25. The van der Waals surface area contributed by atoms with Gasteiger partial charge in [-0.3, -0.25) is 4.79 Å². The van der Waals surface area contributed by atoms with Crippen LogP contribution in [-0.4, -0.2) is 18.1 Å². The molecule has 4 heteroatoms. The van der Waals surface area contributed by atoms with Crippen LogP contribution in [0.5, 0.6) is 0 Å². The minimum Gasteiger partial charge on any atom is -0.481 e. The molecule has 0 aliphatic heterocycles. The Morgan fingerprint density at radius 2 is 1.75 bits per heavy atom. The second kappa shape index (κ2) is 8.83. The van der Waals surface area contributed by atoms with Crippen LogP contribution < -0.4 is 4.90 Å². The van der Waals surface area contributed by atoms with E-state index in [0.717, 1.165) is 40.1 Å². The minimum atomic E-state index is -0.919. The van der Waals surface area contributed by atoms with Crippen molar-refractivity contribution in [1.82, 2.24) is 0 Å². The Morgan fingerprint density at radius 1 is 1.00 bits per heavy atom.